The molecule has 13 heavy (non-hydrogen) atoms. The summed E-state index contributed by atoms with van der Waals surface area (Å²) >= 11 is 0. The van der Waals surface area contributed by atoms with Crippen LogP contribution in [0.2, 0.25) is 0 Å². The first-order chi connectivity index (χ1) is 6.36. The Balaban J connectivity index is 2.14. The third-order valence-electron chi connectivity index (χ3n) is 2.19. The zero-order valence-corrected chi connectivity index (χ0v) is 7.46. The van der Waals surface area contributed by atoms with Crippen molar-refractivity contribution in [2.45, 2.75) is 6.04 Å². The summed E-state index contributed by atoms with van der Waals surface area (Å²) in [5.41, 5.74) is 6.63. The van der Waals surface area contributed by atoms with Gasteiger partial charge in [0.25, 0.3) is 0 Å². The first-order valence-electron chi connectivity index (χ1n) is 4.53. The number of anilines is 1. The van der Waals surface area contributed by atoms with Gasteiger partial charge >= 0.3 is 0 Å². The van der Waals surface area contributed by atoms with Gasteiger partial charge in [0.15, 0.2) is 0 Å². The number of aromatic nitrogens is 1. The molecule has 1 aromatic heterocycles. The second-order valence-corrected chi connectivity index (χ2v) is 3.20. The molecule has 4 heteroatoms. The van der Waals surface area contributed by atoms with Gasteiger partial charge < -0.3 is 16.4 Å². The highest BCUT2D eigenvalue weighted by Crippen LogP contribution is 2.11. The zero-order valence-electron chi connectivity index (χ0n) is 7.46. The van der Waals surface area contributed by atoms with E-state index in [0.29, 0.717) is 11.9 Å². The third-order valence-corrected chi connectivity index (χ3v) is 2.19. The molecule has 2 rings (SSSR count). The van der Waals surface area contributed by atoms with Crippen molar-refractivity contribution < 1.29 is 0 Å². The van der Waals surface area contributed by atoms with Crippen molar-refractivity contribution >= 4 is 5.82 Å². The molecule has 0 aliphatic carbocycles. The lowest BCUT2D eigenvalue weighted by molar-refractivity contribution is 0.423. The standard InChI is InChI=1S/C9H14N4/c10-9-3-1-2-7(13-9)8-6-11-4-5-12-8/h1-3,8,11-12H,4-6H2,(H2,10,13)/t8-/m0/s1. The number of nitrogen functional groups attached to an aromatic ring is 1. The van der Waals surface area contributed by atoms with Crippen LogP contribution >= 0.6 is 0 Å². The Kier molecular flexibility index (Phi) is 2.42. The van der Waals surface area contributed by atoms with E-state index in [4.69, 9.17) is 5.73 Å². The fourth-order valence-electron chi connectivity index (χ4n) is 1.53. The summed E-state index contributed by atoms with van der Waals surface area (Å²) in [6.45, 7) is 2.94. The van der Waals surface area contributed by atoms with Crippen LogP contribution in [0, 0.1) is 0 Å². The Morgan fingerprint density at radius 2 is 2.31 bits per heavy atom. The van der Waals surface area contributed by atoms with Crippen molar-refractivity contribution in [1.29, 1.82) is 0 Å². The average Bonchev–Trinajstić information content (AvgIpc) is 2.19. The molecule has 2 heterocycles. The Morgan fingerprint density at radius 1 is 1.38 bits per heavy atom. The van der Waals surface area contributed by atoms with Crippen LogP contribution in [0.25, 0.3) is 0 Å². The SMILES string of the molecule is Nc1cccc([C@@H]2CNCCN2)n1. The predicted molar refractivity (Wildman–Crippen MR) is 52.3 cm³/mol. The molecule has 1 fully saturated rings. The van der Waals surface area contributed by atoms with Crippen LogP contribution in [-0.4, -0.2) is 24.6 Å². The zero-order chi connectivity index (χ0) is 9.10. The van der Waals surface area contributed by atoms with E-state index < -0.39 is 0 Å². The number of nitrogens with two attached hydrogens (primary N) is 1. The highest BCUT2D eigenvalue weighted by Gasteiger charge is 2.14. The maximum atomic E-state index is 5.61. The van der Waals surface area contributed by atoms with Crippen LogP contribution in [0.3, 0.4) is 0 Å². The quantitative estimate of drug-likeness (QED) is 0.562. The number of hydrogen-bond donors (Lipinski definition) is 3. The van der Waals surface area contributed by atoms with Gasteiger partial charge in [0.05, 0.1) is 11.7 Å². The van der Waals surface area contributed by atoms with Gasteiger partial charge in [0.1, 0.15) is 5.82 Å². The van der Waals surface area contributed by atoms with Crippen LogP contribution in [0.1, 0.15) is 11.7 Å². The topological polar surface area (TPSA) is 63.0 Å². The van der Waals surface area contributed by atoms with Gasteiger partial charge in [-0.1, -0.05) is 6.07 Å². The number of hydrogen-bond acceptors (Lipinski definition) is 4. The third kappa shape index (κ3) is 1.96. The van der Waals surface area contributed by atoms with Gasteiger partial charge in [-0.15, -0.1) is 0 Å². The minimum Gasteiger partial charge on any atom is -0.384 e. The number of nitrogens with zero attached hydrogens (tertiary/aromatic N) is 1. The summed E-state index contributed by atoms with van der Waals surface area (Å²) in [4.78, 5) is 4.27. The molecule has 0 saturated carbocycles. The molecular formula is C9H14N4. The van der Waals surface area contributed by atoms with E-state index >= 15 is 0 Å². The van der Waals surface area contributed by atoms with Crippen LogP contribution < -0.4 is 16.4 Å². The maximum absolute atomic E-state index is 5.61. The summed E-state index contributed by atoms with van der Waals surface area (Å²) in [5, 5.41) is 6.69. The van der Waals surface area contributed by atoms with Gasteiger partial charge in [-0.2, -0.15) is 0 Å². The van der Waals surface area contributed by atoms with Crippen molar-refractivity contribution in [2.24, 2.45) is 0 Å². The van der Waals surface area contributed by atoms with Crippen molar-refractivity contribution in [3.05, 3.63) is 23.9 Å². The van der Waals surface area contributed by atoms with Gasteiger partial charge in [0.2, 0.25) is 0 Å². The van der Waals surface area contributed by atoms with E-state index in [1.165, 1.54) is 0 Å². The highest BCUT2D eigenvalue weighted by molar-refractivity contribution is 5.30. The van der Waals surface area contributed by atoms with E-state index in [-0.39, 0.29) is 0 Å². The molecule has 0 bridgehead atoms. The molecule has 1 aliphatic rings. The van der Waals surface area contributed by atoms with E-state index in [0.717, 1.165) is 25.3 Å². The number of piperazine rings is 1. The number of pyridine rings is 1. The molecule has 1 atom stereocenters. The van der Waals surface area contributed by atoms with E-state index in [2.05, 4.69) is 15.6 Å². The number of nitrogens with one attached hydrogen (secondary N) is 2. The second-order valence-electron chi connectivity index (χ2n) is 3.20. The van der Waals surface area contributed by atoms with Gasteiger partial charge in [-0.05, 0) is 12.1 Å². The molecule has 0 radical (unpaired) electrons. The first-order valence-corrected chi connectivity index (χ1v) is 4.53. The fourth-order valence-corrected chi connectivity index (χ4v) is 1.53. The minimum absolute atomic E-state index is 0.303. The second kappa shape index (κ2) is 3.72. The summed E-state index contributed by atoms with van der Waals surface area (Å²) in [6.07, 6.45) is 0. The van der Waals surface area contributed by atoms with Crippen molar-refractivity contribution in [2.75, 3.05) is 25.4 Å². The maximum Gasteiger partial charge on any atom is 0.123 e. The highest BCUT2D eigenvalue weighted by atomic mass is 15.1. The summed E-state index contributed by atoms with van der Waals surface area (Å²) < 4.78 is 0. The Hall–Kier alpha value is -1.13. The molecule has 4 nitrogen and oxygen atoms in total. The molecule has 1 saturated heterocycles. The summed E-state index contributed by atoms with van der Waals surface area (Å²) in [6, 6.07) is 6.05. The smallest absolute Gasteiger partial charge is 0.123 e. The molecule has 0 spiro atoms. The fraction of sp³-hybridized carbons (Fsp3) is 0.444. The van der Waals surface area contributed by atoms with E-state index in [1.54, 1.807) is 6.07 Å². The largest absolute Gasteiger partial charge is 0.384 e. The Bertz CT molecular complexity index is 281. The van der Waals surface area contributed by atoms with Crippen LogP contribution in [0.4, 0.5) is 5.82 Å². The van der Waals surface area contributed by atoms with E-state index in [9.17, 15) is 0 Å². The molecule has 1 aliphatic heterocycles. The molecule has 70 valence electrons. The molecule has 0 unspecified atom stereocenters. The number of rotatable bonds is 1. The van der Waals surface area contributed by atoms with Crippen molar-refractivity contribution in [3.63, 3.8) is 0 Å². The van der Waals surface area contributed by atoms with Crippen molar-refractivity contribution in [1.82, 2.24) is 15.6 Å². The lowest BCUT2D eigenvalue weighted by Crippen LogP contribution is -2.42. The predicted octanol–water partition coefficient (Wildman–Crippen LogP) is -0.102. The monoisotopic (exact) mass is 178 g/mol. The normalized spacial score (nSPS) is 22.9. The van der Waals surface area contributed by atoms with Crippen LogP contribution in [-0.2, 0) is 0 Å². The molecule has 0 amide bonds. The van der Waals surface area contributed by atoms with E-state index in [1.807, 2.05) is 12.1 Å². The lowest BCUT2D eigenvalue weighted by Gasteiger charge is -2.23. The average molecular weight is 178 g/mol. The molecule has 4 N–H and O–H groups in total. The van der Waals surface area contributed by atoms with Crippen LogP contribution in [0.5, 0.6) is 0 Å². The molecule has 1 aromatic rings. The van der Waals surface area contributed by atoms with Gasteiger partial charge in [-0.25, -0.2) is 4.98 Å². The van der Waals surface area contributed by atoms with Gasteiger partial charge in [-0.3, -0.25) is 0 Å². The summed E-state index contributed by atoms with van der Waals surface area (Å²) in [5.74, 6) is 0.588. The molecule has 0 aromatic carbocycles. The first kappa shape index (κ1) is 8.47. The summed E-state index contributed by atoms with van der Waals surface area (Å²) in [7, 11) is 0. The minimum atomic E-state index is 0.303. The van der Waals surface area contributed by atoms with Gasteiger partial charge in [0, 0.05) is 19.6 Å². The van der Waals surface area contributed by atoms with Crippen molar-refractivity contribution in [3.8, 4) is 0 Å². The molecular weight excluding hydrogens is 164 g/mol. The Morgan fingerprint density at radius 3 is 3.00 bits per heavy atom. The lowest BCUT2D eigenvalue weighted by atomic mass is 10.1. The van der Waals surface area contributed by atoms with Crippen LogP contribution in [0.15, 0.2) is 18.2 Å². The Labute approximate surface area is 77.5 Å².